The molecule has 0 bridgehead atoms. The fraction of sp³-hybridized carbons (Fsp3) is 0.423. The van der Waals surface area contributed by atoms with Crippen molar-refractivity contribution in [3.63, 3.8) is 0 Å². The molecule has 41 heavy (non-hydrogen) atoms. The van der Waals surface area contributed by atoms with E-state index in [1.165, 1.54) is 23.0 Å². The number of fused-ring (bicyclic) bond motifs is 1. The van der Waals surface area contributed by atoms with Gasteiger partial charge in [0.25, 0.3) is 5.91 Å². The molecule has 216 valence electrons. The van der Waals surface area contributed by atoms with Crippen molar-refractivity contribution in [2.24, 2.45) is 0 Å². The maximum atomic E-state index is 14.1. The molecule has 0 atom stereocenters. The van der Waals surface area contributed by atoms with Crippen LogP contribution in [-0.4, -0.2) is 57.2 Å². The summed E-state index contributed by atoms with van der Waals surface area (Å²) in [6.07, 6.45) is 8.59. The van der Waals surface area contributed by atoms with Gasteiger partial charge in [-0.25, -0.2) is 27.0 Å². The van der Waals surface area contributed by atoms with Crippen LogP contribution in [0.1, 0.15) is 60.5 Å². The highest BCUT2D eigenvalue weighted by Crippen LogP contribution is 2.30. The number of nitrogens with one attached hydrogen (secondary N) is 4. The van der Waals surface area contributed by atoms with Gasteiger partial charge in [0.1, 0.15) is 16.4 Å². The number of carbonyl (C=O) groups is 1. The van der Waals surface area contributed by atoms with E-state index in [-0.39, 0.29) is 34.1 Å². The number of nitrogens with zero attached hydrogens (tertiary/aromatic N) is 5. The summed E-state index contributed by atoms with van der Waals surface area (Å²) in [6.45, 7) is 3.19. The van der Waals surface area contributed by atoms with Crippen LogP contribution in [-0.2, 0) is 10.0 Å². The van der Waals surface area contributed by atoms with Gasteiger partial charge in [0, 0.05) is 30.4 Å². The Labute approximate surface area is 235 Å². The topological polar surface area (TPSA) is 168 Å². The summed E-state index contributed by atoms with van der Waals surface area (Å²) in [7, 11) is -3.74. The summed E-state index contributed by atoms with van der Waals surface area (Å²) in [5, 5.41) is 17.9. The lowest BCUT2D eigenvalue weighted by molar-refractivity contribution is 0.102. The van der Waals surface area contributed by atoms with Crippen molar-refractivity contribution in [3.8, 4) is 0 Å². The molecule has 2 aliphatic rings. The van der Waals surface area contributed by atoms with Gasteiger partial charge in [0.2, 0.25) is 10.0 Å². The fourth-order valence-electron chi connectivity index (χ4n) is 5.11. The molecule has 2 saturated carbocycles. The molecule has 0 aliphatic heterocycles. The van der Waals surface area contributed by atoms with Crippen molar-refractivity contribution in [1.82, 2.24) is 29.5 Å². The van der Waals surface area contributed by atoms with Gasteiger partial charge < -0.3 is 20.5 Å². The van der Waals surface area contributed by atoms with Crippen LogP contribution in [0, 0.1) is 19.7 Å². The molecule has 2 fully saturated rings. The van der Waals surface area contributed by atoms with Crippen molar-refractivity contribution >= 4 is 38.8 Å². The highest BCUT2D eigenvalue weighted by Gasteiger charge is 2.30. The lowest BCUT2D eigenvalue weighted by Crippen LogP contribution is -2.40. The van der Waals surface area contributed by atoms with Crippen LogP contribution in [0.15, 0.2) is 40.1 Å². The smallest absolute Gasteiger partial charge is 0.276 e. The van der Waals surface area contributed by atoms with Crippen molar-refractivity contribution in [2.75, 3.05) is 16.0 Å². The van der Waals surface area contributed by atoms with Gasteiger partial charge in [-0.1, -0.05) is 5.16 Å². The monoisotopic (exact) mass is 583 g/mol. The number of aryl methyl sites for hydroxylation is 2. The Kier molecular flexibility index (Phi) is 7.07. The molecule has 0 radical (unpaired) electrons. The first kappa shape index (κ1) is 27.1. The second-order valence-electron chi connectivity index (χ2n) is 10.5. The van der Waals surface area contributed by atoms with E-state index < -0.39 is 21.7 Å². The maximum Gasteiger partial charge on any atom is 0.276 e. The van der Waals surface area contributed by atoms with Gasteiger partial charge in [-0.3, -0.25) is 9.78 Å². The second-order valence-corrected chi connectivity index (χ2v) is 12.2. The van der Waals surface area contributed by atoms with Gasteiger partial charge in [0.05, 0.1) is 23.8 Å². The molecular weight excluding hydrogens is 553 g/mol. The molecule has 4 heterocycles. The number of hydrogen-bond donors (Lipinski definition) is 4. The predicted molar refractivity (Wildman–Crippen MR) is 148 cm³/mol. The van der Waals surface area contributed by atoms with Crippen molar-refractivity contribution in [2.45, 2.75) is 75.4 Å². The zero-order chi connectivity index (χ0) is 28.7. The first-order valence-electron chi connectivity index (χ1n) is 13.5. The third-order valence-electron chi connectivity index (χ3n) is 7.30. The summed E-state index contributed by atoms with van der Waals surface area (Å²) in [5.41, 5.74) is 1.71. The van der Waals surface area contributed by atoms with E-state index >= 15 is 0 Å². The van der Waals surface area contributed by atoms with Crippen LogP contribution in [0.3, 0.4) is 0 Å². The Hall–Kier alpha value is -4.11. The quantitative estimate of drug-likeness (QED) is 0.229. The van der Waals surface area contributed by atoms with E-state index in [2.05, 4.69) is 40.9 Å². The average Bonchev–Trinajstić information content (AvgIpc) is 3.53. The van der Waals surface area contributed by atoms with Gasteiger partial charge >= 0.3 is 0 Å². The van der Waals surface area contributed by atoms with Gasteiger partial charge in [-0.2, -0.15) is 0 Å². The van der Waals surface area contributed by atoms with E-state index in [0.717, 1.165) is 24.7 Å². The highest BCUT2D eigenvalue weighted by atomic mass is 32.2. The van der Waals surface area contributed by atoms with E-state index in [4.69, 9.17) is 4.52 Å². The third kappa shape index (κ3) is 5.72. The SMILES string of the molecule is Cc1noc(C)c1S(=O)(=O)NC1CCC(Nc2cc(NC3CC3)c3ncc(C(=O)Nc4ccncc4F)n3n2)CC1. The normalized spacial score (nSPS) is 19.3. The molecule has 4 N–H and O–H groups in total. The first-order chi connectivity index (χ1) is 19.7. The molecule has 4 aromatic rings. The second kappa shape index (κ2) is 10.7. The zero-order valence-corrected chi connectivity index (χ0v) is 23.3. The first-order valence-corrected chi connectivity index (χ1v) is 14.9. The largest absolute Gasteiger partial charge is 0.379 e. The summed E-state index contributed by atoms with van der Waals surface area (Å²) >= 11 is 0. The number of aromatic nitrogens is 5. The predicted octanol–water partition coefficient (Wildman–Crippen LogP) is 3.40. The van der Waals surface area contributed by atoms with Crippen molar-refractivity contribution in [3.05, 3.63) is 53.7 Å². The van der Waals surface area contributed by atoms with Gasteiger partial charge in [-0.05, 0) is 58.4 Å². The number of amides is 1. The van der Waals surface area contributed by atoms with Crippen LogP contribution in [0.2, 0.25) is 0 Å². The number of imidazole rings is 1. The summed E-state index contributed by atoms with van der Waals surface area (Å²) < 4.78 is 49.2. The van der Waals surface area contributed by atoms with Crippen LogP contribution >= 0.6 is 0 Å². The van der Waals surface area contributed by atoms with Crippen LogP contribution in [0.5, 0.6) is 0 Å². The Morgan fingerprint density at radius 3 is 2.41 bits per heavy atom. The van der Waals surface area contributed by atoms with E-state index in [0.29, 0.717) is 48.9 Å². The highest BCUT2D eigenvalue weighted by molar-refractivity contribution is 7.89. The Bertz CT molecular complexity index is 1690. The third-order valence-corrected chi connectivity index (χ3v) is 9.06. The minimum Gasteiger partial charge on any atom is -0.379 e. The molecule has 0 saturated heterocycles. The van der Waals surface area contributed by atoms with Gasteiger partial charge in [0.15, 0.2) is 22.9 Å². The molecule has 2 aliphatic carbocycles. The fourth-order valence-corrected chi connectivity index (χ4v) is 6.75. The summed E-state index contributed by atoms with van der Waals surface area (Å²) in [5.74, 6) is -0.398. The Balaban J connectivity index is 1.17. The lowest BCUT2D eigenvalue weighted by Gasteiger charge is -2.29. The Morgan fingerprint density at radius 2 is 1.73 bits per heavy atom. The number of carbonyl (C=O) groups excluding carboxylic acids is 1. The zero-order valence-electron chi connectivity index (χ0n) is 22.5. The molecule has 0 spiro atoms. The number of pyridine rings is 1. The number of sulfonamides is 1. The van der Waals surface area contributed by atoms with E-state index in [1.54, 1.807) is 13.8 Å². The standard InChI is InChI=1S/C26H30FN9O4S/c1-14-24(15(2)40-34-14)41(38,39)35-18-7-5-17(6-8-18)31-23-11-21(30-16-3-4-16)25-29-13-22(36(25)33-23)26(37)32-20-9-10-28-12-19(20)27/h9-13,16-18,30,35H,3-8H2,1-2H3,(H,31,33)(H,28,32,37). The number of hydrogen-bond acceptors (Lipinski definition) is 10. The molecule has 15 heteroatoms. The number of halogens is 1. The number of rotatable bonds is 9. The Morgan fingerprint density at radius 1 is 1.02 bits per heavy atom. The van der Waals surface area contributed by atoms with E-state index in [9.17, 15) is 17.6 Å². The van der Waals surface area contributed by atoms with Crippen molar-refractivity contribution in [1.29, 1.82) is 0 Å². The molecule has 0 aromatic carbocycles. The molecule has 4 aromatic heterocycles. The van der Waals surface area contributed by atoms with Crippen LogP contribution < -0.4 is 20.7 Å². The molecule has 13 nitrogen and oxygen atoms in total. The van der Waals surface area contributed by atoms with Crippen LogP contribution in [0.25, 0.3) is 5.65 Å². The molecular formula is C26H30FN9O4S. The number of anilines is 3. The molecule has 0 unspecified atom stereocenters. The molecule has 6 rings (SSSR count). The maximum absolute atomic E-state index is 14.1. The minimum absolute atomic E-state index is 0.00676. The van der Waals surface area contributed by atoms with Gasteiger partial charge in [-0.15, -0.1) is 5.10 Å². The summed E-state index contributed by atoms with van der Waals surface area (Å²) in [6, 6.07) is 3.40. The molecule has 1 amide bonds. The van der Waals surface area contributed by atoms with Crippen LogP contribution in [0.4, 0.5) is 21.6 Å². The van der Waals surface area contributed by atoms with Crippen molar-refractivity contribution < 1.29 is 22.1 Å². The lowest BCUT2D eigenvalue weighted by atomic mass is 9.92. The summed E-state index contributed by atoms with van der Waals surface area (Å²) in [4.78, 5) is 21.3. The minimum atomic E-state index is -3.74. The average molecular weight is 584 g/mol. The van der Waals surface area contributed by atoms with E-state index in [1.807, 2.05) is 6.07 Å².